The van der Waals surface area contributed by atoms with E-state index in [0.717, 1.165) is 0 Å². The van der Waals surface area contributed by atoms with Gasteiger partial charge in [0.1, 0.15) is 22.1 Å². The number of carbonyl (C=O) groups excluding carboxylic acids is 2. The van der Waals surface area contributed by atoms with Gasteiger partial charge in [-0.05, 0) is 36.4 Å². The zero-order valence-corrected chi connectivity index (χ0v) is 19.3. The fourth-order valence-electron chi connectivity index (χ4n) is 3.26. The smallest absolute Gasteiger partial charge is 0.338 e. The van der Waals surface area contributed by atoms with E-state index in [9.17, 15) is 18.0 Å². The summed E-state index contributed by atoms with van der Waals surface area (Å²) in [6.45, 7) is 0.367. The minimum atomic E-state index is -3.93. The number of nitrogens with zero attached hydrogens (tertiary/aromatic N) is 1. The van der Waals surface area contributed by atoms with Crippen molar-refractivity contribution in [1.82, 2.24) is 4.31 Å². The molecule has 0 amide bonds. The van der Waals surface area contributed by atoms with Crippen molar-refractivity contribution < 1.29 is 41.7 Å². The normalized spacial score (nSPS) is 14.4. The van der Waals surface area contributed by atoms with Crippen LogP contribution in [0, 0.1) is 0 Å². The van der Waals surface area contributed by atoms with Crippen LogP contribution in [0.25, 0.3) is 0 Å². The summed E-state index contributed by atoms with van der Waals surface area (Å²) in [5, 5.41) is 0. The zero-order chi connectivity index (χ0) is 24.0. The van der Waals surface area contributed by atoms with Gasteiger partial charge in [0.05, 0.1) is 45.7 Å². The Morgan fingerprint density at radius 2 is 1.61 bits per heavy atom. The van der Waals surface area contributed by atoms with E-state index in [-0.39, 0.29) is 48.1 Å². The number of esters is 1. The molecule has 0 unspecified atom stereocenters. The van der Waals surface area contributed by atoms with E-state index in [1.54, 1.807) is 12.1 Å². The third kappa shape index (κ3) is 5.44. The minimum absolute atomic E-state index is 0.0342. The van der Waals surface area contributed by atoms with E-state index >= 15 is 0 Å². The largest absolute Gasteiger partial charge is 0.497 e. The Kier molecular flexibility index (Phi) is 7.90. The van der Waals surface area contributed by atoms with Crippen LogP contribution in [-0.4, -0.2) is 78.7 Å². The minimum Gasteiger partial charge on any atom is -0.497 e. The van der Waals surface area contributed by atoms with Gasteiger partial charge in [0.15, 0.2) is 6.61 Å². The van der Waals surface area contributed by atoms with E-state index in [0.29, 0.717) is 11.5 Å². The fourth-order valence-corrected chi connectivity index (χ4v) is 4.84. The molecule has 0 bridgehead atoms. The predicted molar refractivity (Wildman–Crippen MR) is 117 cm³/mol. The molecule has 0 radical (unpaired) electrons. The first-order valence-electron chi connectivity index (χ1n) is 10.00. The summed E-state index contributed by atoms with van der Waals surface area (Å²) >= 11 is 0. The number of carbonyl (C=O) groups is 2. The number of rotatable bonds is 9. The maximum absolute atomic E-state index is 13.1. The number of morpholine rings is 1. The predicted octanol–water partition coefficient (Wildman–Crippen LogP) is 1.77. The molecule has 10 nitrogen and oxygen atoms in total. The summed E-state index contributed by atoms with van der Waals surface area (Å²) in [4.78, 5) is 25.1. The lowest BCUT2D eigenvalue weighted by molar-refractivity contribution is 0.0473. The molecule has 0 aliphatic carbocycles. The van der Waals surface area contributed by atoms with Crippen molar-refractivity contribution in [3.63, 3.8) is 0 Å². The van der Waals surface area contributed by atoms with Gasteiger partial charge in [0.2, 0.25) is 15.8 Å². The number of sulfonamides is 1. The average molecular weight is 480 g/mol. The summed E-state index contributed by atoms with van der Waals surface area (Å²) < 4.78 is 53.3. The van der Waals surface area contributed by atoms with Crippen molar-refractivity contribution in [2.24, 2.45) is 0 Å². The maximum atomic E-state index is 13.1. The molecule has 1 fully saturated rings. The van der Waals surface area contributed by atoms with Crippen LogP contribution in [-0.2, 0) is 19.5 Å². The first kappa shape index (κ1) is 24.5. The monoisotopic (exact) mass is 479 g/mol. The lowest BCUT2D eigenvalue weighted by Crippen LogP contribution is -2.40. The van der Waals surface area contributed by atoms with Crippen LogP contribution >= 0.6 is 0 Å². The van der Waals surface area contributed by atoms with Gasteiger partial charge in [0.25, 0.3) is 0 Å². The molecule has 1 saturated heterocycles. The molecule has 1 aliphatic heterocycles. The summed E-state index contributed by atoms with van der Waals surface area (Å²) in [5.74, 6) is -0.519. The van der Waals surface area contributed by atoms with Gasteiger partial charge < -0.3 is 23.7 Å². The van der Waals surface area contributed by atoms with E-state index < -0.39 is 28.4 Å². The van der Waals surface area contributed by atoms with Gasteiger partial charge >= 0.3 is 5.97 Å². The van der Waals surface area contributed by atoms with Gasteiger partial charge in [-0.3, -0.25) is 4.79 Å². The first-order chi connectivity index (χ1) is 15.8. The average Bonchev–Trinajstić information content (AvgIpc) is 2.86. The van der Waals surface area contributed by atoms with Gasteiger partial charge in [-0.25, -0.2) is 13.2 Å². The van der Waals surface area contributed by atoms with E-state index in [4.69, 9.17) is 23.7 Å². The number of methoxy groups -OCH3 is 3. The van der Waals surface area contributed by atoms with Crippen molar-refractivity contribution in [2.45, 2.75) is 4.90 Å². The standard InChI is InChI=1S/C22H25NO9S/c1-28-16-5-7-19(29-2)17(13-16)18(24)14-32-22(25)15-4-6-20(30-3)21(12-15)33(26,27)23-8-10-31-11-9-23/h4-7,12-13H,8-11,14H2,1-3H3. The summed E-state index contributed by atoms with van der Waals surface area (Å²) in [7, 11) is 0.286. The van der Waals surface area contributed by atoms with E-state index in [2.05, 4.69) is 0 Å². The highest BCUT2D eigenvalue weighted by molar-refractivity contribution is 7.89. The highest BCUT2D eigenvalue weighted by Crippen LogP contribution is 2.29. The lowest BCUT2D eigenvalue weighted by atomic mass is 10.1. The number of ether oxygens (including phenoxy) is 5. The van der Waals surface area contributed by atoms with Gasteiger partial charge in [0, 0.05) is 13.1 Å². The van der Waals surface area contributed by atoms with Gasteiger partial charge in [-0.2, -0.15) is 4.31 Å². The summed E-state index contributed by atoms with van der Waals surface area (Å²) in [5.41, 5.74) is 0.156. The molecule has 2 aromatic rings. The molecule has 0 atom stereocenters. The second-order valence-electron chi connectivity index (χ2n) is 6.95. The van der Waals surface area contributed by atoms with Gasteiger partial charge in [-0.15, -0.1) is 0 Å². The molecule has 1 aliphatic rings. The number of hydrogen-bond acceptors (Lipinski definition) is 9. The molecule has 0 saturated carbocycles. The van der Waals surface area contributed by atoms with Gasteiger partial charge in [-0.1, -0.05) is 0 Å². The first-order valence-corrected chi connectivity index (χ1v) is 11.4. The van der Waals surface area contributed by atoms with Crippen LogP contribution < -0.4 is 14.2 Å². The Bertz CT molecular complexity index is 1120. The topological polar surface area (TPSA) is 118 Å². The second-order valence-corrected chi connectivity index (χ2v) is 8.85. The highest BCUT2D eigenvalue weighted by Gasteiger charge is 2.30. The second kappa shape index (κ2) is 10.6. The third-order valence-corrected chi connectivity index (χ3v) is 6.95. The number of hydrogen-bond donors (Lipinski definition) is 0. The van der Waals surface area contributed by atoms with Crippen molar-refractivity contribution in [3.05, 3.63) is 47.5 Å². The van der Waals surface area contributed by atoms with Crippen LogP contribution in [0.3, 0.4) is 0 Å². The Balaban J connectivity index is 1.79. The molecule has 0 spiro atoms. The van der Waals surface area contributed by atoms with Crippen LogP contribution in [0.1, 0.15) is 20.7 Å². The summed E-state index contributed by atoms with van der Waals surface area (Å²) in [6.07, 6.45) is 0. The molecule has 0 aromatic heterocycles. The molecule has 33 heavy (non-hydrogen) atoms. The number of benzene rings is 2. The highest BCUT2D eigenvalue weighted by atomic mass is 32.2. The summed E-state index contributed by atoms with van der Waals surface area (Å²) in [6, 6.07) is 8.61. The molecular weight excluding hydrogens is 454 g/mol. The fraction of sp³-hybridized carbons (Fsp3) is 0.364. The molecular formula is C22H25NO9S. The number of Topliss-reactive ketones (excluding diaryl/α,β-unsaturated/α-hetero) is 1. The zero-order valence-electron chi connectivity index (χ0n) is 18.5. The van der Waals surface area contributed by atoms with Crippen LogP contribution in [0.15, 0.2) is 41.3 Å². The van der Waals surface area contributed by atoms with Crippen LogP contribution in [0.5, 0.6) is 17.2 Å². The molecule has 1 heterocycles. The Labute approximate surface area is 192 Å². The van der Waals surface area contributed by atoms with Crippen molar-refractivity contribution in [1.29, 1.82) is 0 Å². The molecule has 0 N–H and O–H groups in total. The Hall–Kier alpha value is -3.15. The van der Waals surface area contributed by atoms with Crippen molar-refractivity contribution in [2.75, 3.05) is 54.2 Å². The number of ketones is 1. The molecule has 3 rings (SSSR count). The van der Waals surface area contributed by atoms with Crippen molar-refractivity contribution in [3.8, 4) is 17.2 Å². The Morgan fingerprint density at radius 1 is 0.939 bits per heavy atom. The van der Waals surface area contributed by atoms with E-state index in [1.807, 2.05) is 0 Å². The Morgan fingerprint density at radius 3 is 2.24 bits per heavy atom. The molecule has 178 valence electrons. The third-order valence-electron chi connectivity index (χ3n) is 5.03. The maximum Gasteiger partial charge on any atom is 0.338 e. The lowest BCUT2D eigenvalue weighted by Gasteiger charge is -2.26. The van der Waals surface area contributed by atoms with Crippen molar-refractivity contribution >= 4 is 21.8 Å². The van der Waals surface area contributed by atoms with Crippen LogP contribution in [0.2, 0.25) is 0 Å². The quantitative estimate of drug-likeness (QED) is 0.392. The molecule has 11 heteroatoms. The molecule has 2 aromatic carbocycles. The SMILES string of the molecule is COc1ccc(OC)c(C(=O)COC(=O)c2ccc(OC)c(S(=O)(=O)N3CCOCC3)c2)c1. The van der Waals surface area contributed by atoms with E-state index in [1.165, 1.54) is 49.9 Å². The van der Waals surface area contributed by atoms with Crippen LogP contribution in [0.4, 0.5) is 0 Å².